The molecule has 1 unspecified atom stereocenters. The number of carbonyl (C=O) groups is 1. The Morgan fingerprint density at radius 1 is 1.37 bits per heavy atom. The maximum absolute atomic E-state index is 11.6. The van der Waals surface area contributed by atoms with E-state index in [2.05, 4.69) is 0 Å². The molecule has 0 radical (unpaired) electrons. The summed E-state index contributed by atoms with van der Waals surface area (Å²) in [5, 5.41) is 9.70. The lowest BCUT2D eigenvalue weighted by atomic mass is 10.2. The molecule has 5 nitrogen and oxygen atoms in total. The van der Waals surface area contributed by atoms with E-state index in [1.807, 2.05) is 19.1 Å². The van der Waals surface area contributed by atoms with Crippen LogP contribution in [0.3, 0.4) is 0 Å². The standard InChI is InChI=1S/C14H25NO4/c1-6-7-8-9-18-11-12(16)10-15(5)13(17)19-14(2,3)4/h6-9,12,16H,10-11H2,1-5H3/b7-6-,9-8-. The molecule has 0 rings (SSSR count). The van der Waals surface area contributed by atoms with Crippen molar-refractivity contribution in [1.82, 2.24) is 4.90 Å². The summed E-state index contributed by atoms with van der Waals surface area (Å²) < 4.78 is 10.3. The summed E-state index contributed by atoms with van der Waals surface area (Å²) in [4.78, 5) is 13.0. The van der Waals surface area contributed by atoms with Crippen molar-refractivity contribution >= 4 is 6.09 Å². The molecule has 110 valence electrons. The maximum atomic E-state index is 11.6. The molecule has 0 fully saturated rings. The minimum atomic E-state index is -0.757. The van der Waals surface area contributed by atoms with Crippen molar-refractivity contribution in [2.45, 2.75) is 39.4 Å². The fourth-order valence-corrected chi connectivity index (χ4v) is 1.16. The van der Waals surface area contributed by atoms with Crippen LogP contribution in [-0.2, 0) is 9.47 Å². The highest BCUT2D eigenvalue weighted by Gasteiger charge is 2.21. The number of carbonyl (C=O) groups excluding carboxylic acids is 1. The van der Waals surface area contributed by atoms with E-state index >= 15 is 0 Å². The maximum Gasteiger partial charge on any atom is 0.410 e. The van der Waals surface area contributed by atoms with E-state index in [0.717, 1.165) is 0 Å². The summed E-state index contributed by atoms with van der Waals surface area (Å²) in [6.07, 6.45) is 5.69. The van der Waals surface area contributed by atoms with E-state index < -0.39 is 17.8 Å². The molecule has 0 heterocycles. The Balaban J connectivity index is 3.98. The molecule has 1 N–H and O–H groups in total. The lowest BCUT2D eigenvalue weighted by Crippen LogP contribution is -2.39. The number of allylic oxidation sites excluding steroid dienone is 3. The van der Waals surface area contributed by atoms with Crippen molar-refractivity contribution in [2.75, 3.05) is 20.2 Å². The van der Waals surface area contributed by atoms with Gasteiger partial charge in [-0.05, 0) is 33.8 Å². The highest BCUT2D eigenvalue weighted by molar-refractivity contribution is 5.67. The Labute approximate surface area is 115 Å². The van der Waals surface area contributed by atoms with E-state index in [0.29, 0.717) is 0 Å². The molecule has 0 spiro atoms. The quantitative estimate of drug-likeness (QED) is 0.595. The summed E-state index contributed by atoms with van der Waals surface area (Å²) in [5.41, 5.74) is -0.540. The van der Waals surface area contributed by atoms with Crippen molar-refractivity contribution in [3.8, 4) is 0 Å². The van der Waals surface area contributed by atoms with Gasteiger partial charge in [-0.15, -0.1) is 0 Å². The summed E-state index contributed by atoms with van der Waals surface area (Å²) in [7, 11) is 1.58. The fraction of sp³-hybridized carbons (Fsp3) is 0.643. The second-order valence-electron chi connectivity index (χ2n) is 5.20. The predicted molar refractivity (Wildman–Crippen MR) is 74.8 cm³/mol. The van der Waals surface area contributed by atoms with Crippen LogP contribution < -0.4 is 0 Å². The van der Waals surface area contributed by atoms with Gasteiger partial charge in [-0.1, -0.05) is 12.2 Å². The first-order chi connectivity index (χ1) is 8.76. The number of aliphatic hydroxyl groups excluding tert-OH is 1. The Hall–Kier alpha value is -1.49. The van der Waals surface area contributed by atoms with Crippen molar-refractivity contribution in [2.24, 2.45) is 0 Å². The summed E-state index contributed by atoms with van der Waals surface area (Å²) in [6.45, 7) is 7.57. The van der Waals surface area contributed by atoms with Gasteiger partial charge < -0.3 is 19.5 Å². The number of rotatable bonds is 6. The molecule has 5 heteroatoms. The average molecular weight is 271 g/mol. The molecule has 0 aliphatic rings. The SMILES string of the molecule is C/C=C\C=C/OCC(O)CN(C)C(=O)OC(C)(C)C. The third kappa shape index (κ3) is 10.1. The summed E-state index contributed by atoms with van der Waals surface area (Å²) in [6, 6.07) is 0. The normalized spacial score (nSPS) is 13.8. The first-order valence-electron chi connectivity index (χ1n) is 6.28. The van der Waals surface area contributed by atoms with Crippen LogP contribution in [-0.4, -0.2) is 48.0 Å². The molecule has 0 bridgehead atoms. The second-order valence-corrected chi connectivity index (χ2v) is 5.20. The molecular weight excluding hydrogens is 246 g/mol. The van der Waals surface area contributed by atoms with Gasteiger partial charge in [-0.3, -0.25) is 0 Å². The molecular formula is C14H25NO4. The first kappa shape index (κ1) is 17.5. The van der Waals surface area contributed by atoms with Crippen LogP contribution in [0.25, 0.3) is 0 Å². The van der Waals surface area contributed by atoms with Crippen molar-refractivity contribution in [3.05, 3.63) is 24.5 Å². The van der Waals surface area contributed by atoms with Crippen LogP contribution in [0.1, 0.15) is 27.7 Å². The second kappa shape index (κ2) is 8.58. The zero-order valence-corrected chi connectivity index (χ0v) is 12.4. The number of nitrogens with zero attached hydrogens (tertiary/aromatic N) is 1. The lowest BCUT2D eigenvalue weighted by Gasteiger charge is -2.25. The molecule has 0 aliphatic carbocycles. The predicted octanol–water partition coefficient (Wildman–Crippen LogP) is 2.32. The zero-order valence-electron chi connectivity index (χ0n) is 12.4. The number of likely N-dealkylation sites (N-methyl/N-ethyl adjacent to an activating group) is 1. The highest BCUT2D eigenvalue weighted by Crippen LogP contribution is 2.09. The number of amides is 1. The minimum absolute atomic E-state index is 0.126. The molecule has 0 saturated carbocycles. The molecule has 0 aromatic carbocycles. The highest BCUT2D eigenvalue weighted by atomic mass is 16.6. The van der Waals surface area contributed by atoms with Gasteiger partial charge >= 0.3 is 6.09 Å². The lowest BCUT2D eigenvalue weighted by molar-refractivity contribution is 0.0123. The Morgan fingerprint density at radius 2 is 2.00 bits per heavy atom. The summed E-state index contributed by atoms with van der Waals surface area (Å²) >= 11 is 0. The van der Waals surface area contributed by atoms with Crippen LogP contribution in [0.4, 0.5) is 4.79 Å². The topological polar surface area (TPSA) is 59.0 Å². The van der Waals surface area contributed by atoms with Crippen LogP contribution in [0.2, 0.25) is 0 Å². The van der Waals surface area contributed by atoms with Crippen molar-refractivity contribution < 1.29 is 19.4 Å². The smallest absolute Gasteiger partial charge is 0.410 e. The number of hydrogen-bond acceptors (Lipinski definition) is 4. The van der Waals surface area contributed by atoms with Crippen LogP contribution in [0, 0.1) is 0 Å². The molecule has 0 aromatic heterocycles. The van der Waals surface area contributed by atoms with Crippen molar-refractivity contribution in [1.29, 1.82) is 0 Å². The molecule has 0 aromatic rings. The number of aliphatic hydroxyl groups is 1. The van der Waals surface area contributed by atoms with Gasteiger partial charge in [-0.2, -0.15) is 0 Å². The van der Waals surface area contributed by atoms with E-state index in [4.69, 9.17) is 9.47 Å². The van der Waals surface area contributed by atoms with E-state index in [1.165, 1.54) is 11.2 Å². The largest absolute Gasteiger partial charge is 0.498 e. The zero-order chi connectivity index (χ0) is 14.9. The van der Waals surface area contributed by atoms with Gasteiger partial charge in [0, 0.05) is 7.05 Å². The average Bonchev–Trinajstić information content (AvgIpc) is 2.26. The minimum Gasteiger partial charge on any atom is -0.498 e. The van der Waals surface area contributed by atoms with Gasteiger partial charge in [0.25, 0.3) is 0 Å². The van der Waals surface area contributed by atoms with Crippen LogP contribution >= 0.6 is 0 Å². The van der Waals surface area contributed by atoms with Gasteiger partial charge in [0.15, 0.2) is 0 Å². The molecule has 1 atom stereocenters. The van der Waals surface area contributed by atoms with E-state index in [1.54, 1.807) is 33.9 Å². The molecule has 0 saturated heterocycles. The third-order valence-electron chi connectivity index (χ3n) is 1.96. The number of hydrogen-bond donors (Lipinski definition) is 1. The Morgan fingerprint density at radius 3 is 2.53 bits per heavy atom. The summed E-state index contributed by atoms with van der Waals surface area (Å²) in [5.74, 6) is 0. The van der Waals surface area contributed by atoms with Crippen LogP contribution in [0.15, 0.2) is 24.5 Å². The van der Waals surface area contributed by atoms with E-state index in [-0.39, 0.29) is 13.2 Å². The number of ether oxygens (including phenoxy) is 2. The van der Waals surface area contributed by atoms with Gasteiger partial charge in [-0.25, -0.2) is 4.79 Å². The fourth-order valence-electron chi connectivity index (χ4n) is 1.16. The third-order valence-corrected chi connectivity index (χ3v) is 1.96. The van der Waals surface area contributed by atoms with Gasteiger partial charge in [0.05, 0.1) is 12.8 Å². The van der Waals surface area contributed by atoms with Gasteiger partial charge in [0.2, 0.25) is 0 Å². The monoisotopic (exact) mass is 271 g/mol. The molecule has 1 amide bonds. The van der Waals surface area contributed by atoms with E-state index in [9.17, 15) is 9.90 Å². The molecule has 0 aliphatic heterocycles. The Bertz CT molecular complexity index is 318. The Kier molecular flexibility index (Phi) is 7.91. The van der Waals surface area contributed by atoms with Crippen molar-refractivity contribution in [3.63, 3.8) is 0 Å². The molecule has 19 heavy (non-hydrogen) atoms. The van der Waals surface area contributed by atoms with Gasteiger partial charge in [0.1, 0.15) is 18.3 Å². The first-order valence-corrected chi connectivity index (χ1v) is 6.28. The van der Waals surface area contributed by atoms with Crippen LogP contribution in [0.5, 0.6) is 0 Å².